The van der Waals surface area contributed by atoms with E-state index in [2.05, 4.69) is 4.98 Å². The number of para-hydroxylation sites is 1. The summed E-state index contributed by atoms with van der Waals surface area (Å²) in [7, 11) is 0. The first-order chi connectivity index (χ1) is 8.16. The number of ether oxygens (including phenoxy) is 2. The smallest absolute Gasteiger partial charge is 0.305 e. The van der Waals surface area contributed by atoms with Crippen molar-refractivity contribution in [1.29, 1.82) is 0 Å². The standard InChI is InChI=1S/C13H13NO3/c1-9-6-7-11-4-3-5-12(13(11)14-9)17-8-16-10(2)15/h3-7H,8H2,1-2H3. The zero-order valence-corrected chi connectivity index (χ0v) is 9.77. The highest BCUT2D eigenvalue weighted by molar-refractivity contribution is 5.84. The van der Waals surface area contributed by atoms with Crippen LogP contribution in [-0.4, -0.2) is 17.7 Å². The van der Waals surface area contributed by atoms with Gasteiger partial charge in [0, 0.05) is 18.0 Å². The predicted octanol–water partition coefficient (Wildman–Crippen LogP) is 2.44. The molecule has 0 unspecified atom stereocenters. The SMILES string of the molecule is CC(=O)OCOc1cccc2ccc(C)nc12. The number of pyridine rings is 1. The lowest BCUT2D eigenvalue weighted by atomic mass is 10.2. The number of hydrogen-bond donors (Lipinski definition) is 0. The van der Waals surface area contributed by atoms with Gasteiger partial charge in [-0.2, -0.15) is 0 Å². The molecule has 4 heteroatoms. The molecular formula is C13H13NO3. The van der Waals surface area contributed by atoms with E-state index in [1.165, 1.54) is 6.92 Å². The summed E-state index contributed by atoms with van der Waals surface area (Å²) >= 11 is 0. The molecule has 0 fully saturated rings. The summed E-state index contributed by atoms with van der Waals surface area (Å²) < 4.78 is 10.1. The number of carbonyl (C=O) groups excluding carboxylic acids is 1. The largest absolute Gasteiger partial charge is 0.455 e. The third-order valence-corrected chi connectivity index (χ3v) is 2.30. The molecule has 0 bridgehead atoms. The molecule has 2 rings (SSSR count). The summed E-state index contributed by atoms with van der Waals surface area (Å²) in [5, 5.41) is 0.996. The molecule has 1 aromatic heterocycles. The Kier molecular flexibility index (Phi) is 3.23. The molecule has 17 heavy (non-hydrogen) atoms. The second-order valence-electron chi connectivity index (χ2n) is 3.68. The lowest BCUT2D eigenvalue weighted by Gasteiger charge is -2.08. The topological polar surface area (TPSA) is 48.4 Å². The fraction of sp³-hybridized carbons (Fsp3) is 0.231. The van der Waals surface area contributed by atoms with E-state index in [4.69, 9.17) is 9.47 Å². The van der Waals surface area contributed by atoms with Crippen LogP contribution in [0.5, 0.6) is 5.75 Å². The van der Waals surface area contributed by atoms with Gasteiger partial charge in [0.2, 0.25) is 6.79 Å². The number of nitrogens with zero attached hydrogens (tertiary/aromatic N) is 1. The number of hydrogen-bond acceptors (Lipinski definition) is 4. The van der Waals surface area contributed by atoms with Crippen molar-refractivity contribution in [3.8, 4) is 5.75 Å². The molecule has 0 aliphatic rings. The number of fused-ring (bicyclic) bond motifs is 1. The molecule has 4 nitrogen and oxygen atoms in total. The highest BCUT2D eigenvalue weighted by atomic mass is 16.7. The number of aryl methyl sites for hydroxylation is 1. The van der Waals surface area contributed by atoms with Crippen molar-refractivity contribution in [2.75, 3.05) is 6.79 Å². The van der Waals surface area contributed by atoms with Crippen molar-refractivity contribution in [2.45, 2.75) is 13.8 Å². The second kappa shape index (κ2) is 4.82. The number of aromatic nitrogens is 1. The molecule has 1 aromatic carbocycles. The van der Waals surface area contributed by atoms with Crippen molar-refractivity contribution in [3.63, 3.8) is 0 Å². The maximum Gasteiger partial charge on any atom is 0.305 e. The van der Waals surface area contributed by atoms with E-state index in [0.29, 0.717) is 5.75 Å². The van der Waals surface area contributed by atoms with E-state index in [9.17, 15) is 4.79 Å². The van der Waals surface area contributed by atoms with Crippen molar-refractivity contribution in [3.05, 3.63) is 36.0 Å². The van der Waals surface area contributed by atoms with Crippen LogP contribution in [0.25, 0.3) is 10.9 Å². The molecule has 0 saturated heterocycles. The van der Waals surface area contributed by atoms with Crippen LogP contribution in [-0.2, 0) is 9.53 Å². The maximum absolute atomic E-state index is 10.6. The van der Waals surface area contributed by atoms with Gasteiger partial charge >= 0.3 is 5.97 Å². The predicted molar refractivity (Wildman–Crippen MR) is 63.7 cm³/mol. The Hall–Kier alpha value is -2.10. The van der Waals surface area contributed by atoms with Gasteiger partial charge in [-0.3, -0.25) is 4.79 Å². The third-order valence-electron chi connectivity index (χ3n) is 2.30. The van der Waals surface area contributed by atoms with Crippen LogP contribution in [0.2, 0.25) is 0 Å². The van der Waals surface area contributed by atoms with E-state index >= 15 is 0 Å². The van der Waals surface area contributed by atoms with Crippen LogP contribution in [0.1, 0.15) is 12.6 Å². The first-order valence-electron chi connectivity index (χ1n) is 5.29. The molecule has 1 heterocycles. The van der Waals surface area contributed by atoms with Gasteiger partial charge in [0.05, 0.1) is 0 Å². The van der Waals surface area contributed by atoms with Crippen LogP contribution >= 0.6 is 0 Å². The molecule has 0 amide bonds. The van der Waals surface area contributed by atoms with Crippen LogP contribution in [0.15, 0.2) is 30.3 Å². The van der Waals surface area contributed by atoms with E-state index in [0.717, 1.165) is 16.6 Å². The van der Waals surface area contributed by atoms with E-state index in [-0.39, 0.29) is 12.8 Å². The Morgan fingerprint density at radius 2 is 2.12 bits per heavy atom. The molecule has 2 aromatic rings. The summed E-state index contributed by atoms with van der Waals surface area (Å²) in [6.45, 7) is 3.17. The van der Waals surface area contributed by atoms with E-state index in [1.807, 2.05) is 31.2 Å². The molecule has 0 spiro atoms. The molecule has 0 radical (unpaired) electrons. The Morgan fingerprint density at radius 3 is 2.88 bits per heavy atom. The summed E-state index contributed by atoms with van der Waals surface area (Å²) in [5.41, 5.74) is 1.70. The van der Waals surface area contributed by atoms with Gasteiger partial charge in [-0.15, -0.1) is 0 Å². The van der Waals surface area contributed by atoms with Crippen molar-refractivity contribution >= 4 is 16.9 Å². The molecule has 0 atom stereocenters. The average Bonchev–Trinajstić information content (AvgIpc) is 2.29. The quantitative estimate of drug-likeness (QED) is 0.601. The zero-order chi connectivity index (χ0) is 12.3. The summed E-state index contributed by atoms with van der Waals surface area (Å²) in [4.78, 5) is 15.0. The van der Waals surface area contributed by atoms with Crippen LogP contribution in [0.3, 0.4) is 0 Å². The lowest BCUT2D eigenvalue weighted by Crippen LogP contribution is -2.07. The molecule has 0 aliphatic carbocycles. The Morgan fingerprint density at radius 1 is 1.29 bits per heavy atom. The molecule has 0 aliphatic heterocycles. The molecule has 0 N–H and O–H groups in total. The normalized spacial score (nSPS) is 10.2. The highest BCUT2D eigenvalue weighted by Crippen LogP contribution is 2.23. The van der Waals surface area contributed by atoms with Crippen LogP contribution < -0.4 is 4.74 Å². The Bertz CT molecular complexity index is 551. The van der Waals surface area contributed by atoms with Gasteiger partial charge in [-0.1, -0.05) is 18.2 Å². The molecule has 0 saturated carbocycles. The number of benzene rings is 1. The summed E-state index contributed by atoms with van der Waals surface area (Å²) in [6, 6.07) is 9.57. The average molecular weight is 231 g/mol. The van der Waals surface area contributed by atoms with Gasteiger partial charge in [0.15, 0.2) is 0 Å². The summed E-state index contributed by atoms with van der Waals surface area (Å²) in [6.07, 6.45) is 0. The van der Waals surface area contributed by atoms with Crippen molar-refractivity contribution in [1.82, 2.24) is 4.98 Å². The van der Waals surface area contributed by atoms with Gasteiger partial charge in [0.1, 0.15) is 11.3 Å². The third kappa shape index (κ3) is 2.72. The monoisotopic (exact) mass is 231 g/mol. The Labute approximate surface area is 99.2 Å². The van der Waals surface area contributed by atoms with Gasteiger partial charge in [0.25, 0.3) is 0 Å². The fourth-order valence-electron chi connectivity index (χ4n) is 1.51. The fourth-order valence-corrected chi connectivity index (χ4v) is 1.51. The Balaban J connectivity index is 2.27. The minimum absolute atomic E-state index is 0.0932. The summed E-state index contributed by atoms with van der Waals surface area (Å²) in [5.74, 6) is 0.252. The van der Waals surface area contributed by atoms with Crippen molar-refractivity contribution < 1.29 is 14.3 Å². The lowest BCUT2D eigenvalue weighted by molar-refractivity contribution is -0.147. The van der Waals surface area contributed by atoms with E-state index < -0.39 is 0 Å². The number of esters is 1. The van der Waals surface area contributed by atoms with Gasteiger partial charge in [-0.25, -0.2) is 4.98 Å². The molecule has 88 valence electrons. The van der Waals surface area contributed by atoms with Gasteiger partial charge < -0.3 is 9.47 Å². The minimum atomic E-state index is -0.366. The minimum Gasteiger partial charge on any atom is -0.455 e. The van der Waals surface area contributed by atoms with Crippen molar-refractivity contribution in [2.24, 2.45) is 0 Å². The van der Waals surface area contributed by atoms with E-state index in [1.54, 1.807) is 6.07 Å². The van der Waals surface area contributed by atoms with Gasteiger partial charge in [-0.05, 0) is 19.1 Å². The molecular weight excluding hydrogens is 218 g/mol. The van der Waals surface area contributed by atoms with Crippen LogP contribution in [0, 0.1) is 6.92 Å². The zero-order valence-electron chi connectivity index (χ0n) is 9.77. The highest BCUT2D eigenvalue weighted by Gasteiger charge is 2.04. The number of rotatable bonds is 3. The number of carbonyl (C=O) groups is 1. The second-order valence-corrected chi connectivity index (χ2v) is 3.68. The first kappa shape index (κ1) is 11.4. The first-order valence-corrected chi connectivity index (χ1v) is 5.29. The van der Waals surface area contributed by atoms with Crippen LogP contribution in [0.4, 0.5) is 0 Å². The maximum atomic E-state index is 10.6.